The van der Waals surface area contributed by atoms with E-state index in [0.717, 1.165) is 18.4 Å². The molecule has 3 amide bonds. The summed E-state index contributed by atoms with van der Waals surface area (Å²) in [5, 5.41) is 6.86. The number of anilines is 2. The van der Waals surface area contributed by atoms with Gasteiger partial charge in [-0.2, -0.15) is 4.98 Å². The van der Waals surface area contributed by atoms with Crippen molar-refractivity contribution in [2.75, 3.05) is 50.6 Å². The lowest BCUT2D eigenvalue weighted by molar-refractivity contribution is -0.121. The van der Waals surface area contributed by atoms with Crippen molar-refractivity contribution in [3.8, 4) is 17.4 Å². The molecule has 242 valence electrons. The standard InChI is InChI=1S/C31H33Cl3N8O4/c1-45-25-8-5-20(14-26(25)46-2)4-3-9-36-29(43)16-22-18-40(31(44)37-21-6-7-23(32)24(33)15-21)12-13-42(22)28-17-27(34)38-30(39-28)41-11-10-35-19-41/h5-8,10-11,14-15,17,19,22H,3-4,9,12-13,16,18H2,1-2H3,(H,36,43)(H,37,44). The fourth-order valence-corrected chi connectivity index (χ4v) is 5.64. The van der Waals surface area contributed by atoms with E-state index in [0.29, 0.717) is 58.6 Å². The fraction of sp³-hybridized carbons (Fsp3) is 0.323. The van der Waals surface area contributed by atoms with Crippen molar-refractivity contribution in [3.05, 3.63) is 81.9 Å². The molecule has 2 N–H and O–H groups in total. The van der Waals surface area contributed by atoms with Crippen molar-refractivity contribution in [2.24, 2.45) is 0 Å². The fourth-order valence-electron chi connectivity index (χ4n) is 5.17. The number of aryl methyl sites for hydroxylation is 1. The molecule has 1 saturated heterocycles. The van der Waals surface area contributed by atoms with E-state index in [1.54, 1.807) is 66.7 Å². The molecule has 1 fully saturated rings. The normalized spacial score (nSPS) is 14.6. The van der Waals surface area contributed by atoms with Crippen LogP contribution >= 0.6 is 34.8 Å². The lowest BCUT2D eigenvalue weighted by Gasteiger charge is -2.42. The van der Waals surface area contributed by atoms with Crippen LogP contribution in [0.2, 0.25) is 15.2 Å². The van der Waals surface area contributed by atoms with E-state index in [1.165, 1.54) is 0 Å². The Labute approximate surface area is 281 Å². The van der Waals surface area contributed by atoms with Gasteiger partial charge in [0.1, 0.15) is 17.3 Å². The van der Waals surface area contributed by atoms with Gasteiger partial charge in [-0.05, 0) is 48.7 Å². The van der Waals surface area contributed by atoms with Crippen molar-refractivity contribution in [2.45, 2.75) is 25.3 Å². The molecule has 4 aromatic rings. The predicted molar refractivity (Wildman–Crippen MR) is 178 cm³/mol. The van der Waals surface area contributed by atoms with E-state index in [9.17, 15) is 9.59 Å². The van der Waals surface area contributed by atoms with Crippen LogP contribution in [0.5, 0.6) is 11.5 Å². The largest absolute Gasteiger partial charge is 0.493 e. The summed E-state index contributed by atoms with van der Waals surface area (Å²) >= 11 is 18.6. The van der Waals surface area contributed by atoms with Crippen LogP contribution in [-0.4, -0.2) is 82.8 Å². The minimum absolute atomic E-state index is 0.120. The number of halogens is 3. The number of nitrogens with one attached hydrogen (secondary N) is 2. The third-order valence-corrected chi connectivity index (χ3v) is 8.41. The summed E-state index contributed by atoms with van der Waals surface area (Å²) in [6, 6.07) is 11.6. The van der Waals surface area contributed by atoms with E-state index in [2.05, 4.69) is 20.6 Å². The number of ether oxygens (including phenoxy) is 2. The summed E-state index contributed by atoms with van der Waals surface area (Å²) in [6.07, 6.45) is 6.50. The summed E-state index contributed by atoms with van der Waals surface area (Å²) in [4.78, 5) is 43.3. The van der Waals surface area contributed by atoms with E-state index in [-0.39, 0.29) is 30.1 Å². The van der Waals surface area contributed by atoms with Crippen LogP contribution in [0.15, 0.2) is 61.2 Å². The number of aromatic nitrogens is 4. The number of nitrogens with zero attached hydrogens (tertiary/aromatic N) is 6. The number of imidazole rings is 1. The number of piperazine rings is 1. The molecule has 0 radical (unpaired) electrons. The molecule has 0 saturated carbocycles. The molecule has 12 nitrogen and oxygen atoms in total. The first-order valence-corrected chi connectivity index (χ1v) is 15.7. The smallest absolute Gasteiger partial charge is 0.321 e. The molecule has 1 aliphatic heterocycles. The molecule has 1 aliphatic rings. The van der Waals surface area contributed by atoms with E-state index in [4.69, 9.17) is 49.3 Å². The van der Waals surface area contributed by atoms with Crippen LogP contribution in [-0.2, 0) is 11.2 Å². The van der Waals surface area contributed by atoms with Crippen LogP contribution in [0.25, 0.3) is 5.95 Å². The molecule has 3 heterocycles. The molecule has 0 aliphatic carbocycles. The second kappa shape index (κ2) is 15.4. The van der Waals surface area contributed by atoms with E-state index in [1.807, 2.05) is 23.1 Å². The molecule has 1 atom stereocenters. The number of hydrogen-bond acceptors (Lipinski definition) is 8. The second-order valence-electron chi connectivity index (χ2n) is 10.5. The summed E-state index contributed by atoms with van der Waals surface area (Å²) < 4.78 is 12.4. The highest BCUT2D eigenvalue weighted by molar-refractivity contribution is 6.42. The highest BCUT2D eigenvalue weighted by atomic mass is 35.5. The van der Waals surface area contributed by atoms with Gasteiger partial charge in [0, 0.05) is 56.7 Å². The quantitative estimate of drug-likeness (QED) is 0.156. The highest BCUT2D eigenvalue weighted by Crippen LogP contribution is 2.29. The Balaban J connectivity index is 1.27. The van der Waals surface area contributed by atoms with Gasteiger partial charge in [-0.1, -0.05) is 40.9 Å². The summed E-state index contributed by atoms with van der Waals surface area (Å²) in [7, 11) is 3.20. The predicted octanol–water partition coefficient (Wildman–Crippen LogP) is 5.50. The van der Waals surface area contributed by atoms with Crippen molar-refractivity contribution in [1.82, 2.24) is 29.7 Å². The van der Waals surface area contributed by atoms with Gasteiger partial charge in [-0.3, -0.25) is 9.36 Å². The van der Waals surface area contributed by atoms with Gasteiger partial charge in [0.05, 0.1) is 30.3 Å². The minimum atomic E-state index is -0.402. The maximum atomic E-state index is 13.3. The third kappa shape index (κ3) is 8.31. The van der Waals surface area contributed by atoms with Gasteiger partial charge in [-0.15, -0.1) is 0 Å². The molecule has 46 heavy (non-hydrogen) atoms. The number of hydrogen-bond donors (Lipinski definition) is 2. The van der Waals surface area contributed by atoms with E-state index < -0.39 is 6.04 Å². The number of methoxy groups -OCH3 is 2. The molecule has 5 rings (SSSR count). The van der Waals surface area contributed by atoms with Gasteiger partial charge in [-0.25, -0.2) is 14.8 Å². The number of amides is 3. The Morgan fingerprint density at radius 3 is 2.54 bits per heavy atom. The van der Waals surface area contributed by atoms with E-state index >= 15 is 0 Å². The van der Waals surface area contributed by atoms with Gasteiger partial charge in [0.2, 0.25) is 11.9 Å². The molecular weight excluding hydrogens is 655 g/mol. The first kappa shape index (κ1) is 33.1. The van der Waals surface area contributed by atoms with Gasteiger partial charge < -0.3 is 29.9 Å². The molecular formula is C31H33Cl3N8O4. The second-order valence-corrected chi connectivity index (χ2v) is 11.7. The summed E-state index contributed by atoms with van der Waals surface area (Å²) in [5.41, 5.74) is 1.58. The lowest BCUT2D eigenvalue weighted by Crippen LogP contribution is -2.57. The summed E-state index contributed by atoms with van der Waals surface area (Å²) in [6.45, 7) is 1.52. The monoisotopic (exact) mass is 686 g/mol. The molecule has 15 heteroatoms. The first-order chi connectivity index (χ1) is 22.2. The number of urea groups is 1. The lowest BCUT2D eigenvalue weighted by atomic mass is 10.1. The molecule has 2 aromatic heterocycles. The summed E-state index contributed by atoms with van der Waals surface area (Å²) in [5.74, 6) is 2.07. The molecule has 0 bridgehead atoms. The zero-order valence-corrected chi connectivity index (χ0v) is 27.5. The SMILES string of the molecule is COc1ccc(CCCNC(=O)CC2CN(C(=O)Nc3ccc(Cl)c(Cl)c3)CCN2c2cc(Cl)nc(-n3ccnc3)n2)cc1OC. The maximum Gasteiger partial charge on any atom is 0.321 e. The van der Waals surface area contributed by atoms with Crippen LogP contribution in [0.4, 0.5) is 16.3 Å². The molecule has 1 unspecified atom stereocenters. The molecule has 0 spiro atoms. The van der Waals surface area contributed by atoms with Crippen LogP contribution in [0.3, 0.4) is 0 Å². The number of benzene rings is 2. The zero-order chi connectivity index (χ0) is 32.6. The average Bonchev–Trinajstić information content (AvgIpc) is 3.60. The van der Waals surface area contributed by atoms with Crippen LogP contribution in [0, 0.1) is 0 Å². The highest BCUT2D eigenvalue weighted by Gasteiger charge is 2.32. The number of carbonyl (C=O) groups excluding carboxylic acids is 2. The topological polar surface area (TPSA) is 127 Å². The first-order valence-electron chi connectivity index (χ1n) is 14.5. The number of carbonyl (C=O) groups is 2. The number of rotatable bonds is 11. The Morgan fingerprint density at radius 2 is 1.80 bits per heavy atom. The molecule has 2 aromatic carbocycles. The minimum Gasteiger partial charge on any atom is -0.493 e. The Morgan fingerprint density at radius 1 is 0.978 bits per heavy atom. The van der Waals surface area contributed by atoms with Gasteiger partial charge in [0.15, 0.2) is 11.5 Å². The van der Waals surface area contributed by atoms with Crippen molar-refractivity contribution >= 4 is 58.2 Å². The van der Waals surface area contributed by atoms with Crippen LogP contribution in [0.1, 0.15) is 18.4 Å². The van der Waals surface area contributed by atoms with Gasteiger partial charge >= 0.3 is 6.03 Å². The maximum absolute atomic E-state index is 13.3. The Bertz CT molecular complexity index is 1670. The third-order valence-electron chi connectivity index (χ3n) is 7.47. The van der Waals surface area contributed by atoms with Crippen LogP contribution < -0.4 is 25.0 Å². The van der Waals surface area contributed by atoms with Crippen molar-refractivity contribution in [1.29, 1.82) is 0 Å². The zero-order valence-electron chi connectivity index (χ0n) is 25.3. The average molecular weight is 688 g/mol. The van der Waals surface area contributed by atoms with Crippen molar-refractivity contribution in [3.63, 3.8) is 0 Å². The Hall–Kier alpha value is -4.26. The Kier molecular flexibility index (Phi) is 11.1. The van der Waals surface area contributed by atoms with Crippen molar-refractivity contribution < 1.29 is 19.1 Å². The van der Waals surface area contributed by atoms with Gasteiger partial charge in [0.25, 0.3) is 0 Å².